The van der Waals surface area contributed by atoms with Gasteiger partial charge in [-0.2, -0.15) is 5.10 Å². The van der Waals surface area contributed by atoms with Gasteiger partial charge in [0.1, 0.15) is 0 Å². The number of benzene rings is 1. The van der Waals surface area contributed by atoms with Crippen molar-refractivity contribution in [2.75, 3.05) is 32.7 Å². The molecule has 0 atom stereocenters. The number of carbonyl (C=O) groups excluding carboxylic acids is 1. The molecule has 5 nitrogen and oxygen atoms in total. The largest absolute Gasteiger partial charge is 0.340 e. The van der Waals surface area contributed by atoms with E-state index in [1.165, 1.54) is 0 Å². The van der Waals surface area contributed by atoms with Crippen molar-refractivity contribution >= 4 is 28.4 Å². The Balaban J connectivity index is 1.59. The molecule has 0 bridgehead atoms. The summed E-state index contributed by atoms with van der Waals surface area (Å²) >= 11 is 6.04. The Morgan fingerprint density at radius 2 is 2.05 bits per heavy atom. The fourth-order valence-electron chi connectivity index (χ4n) is 2.89. The third kappa shape index (κ3) is 3.25. The molecule has 2 aromatic rings. The van der Waals surface area contributed by atoms with E-state index in [4.69, 9.17) is 11.6 Å². The van der Waals surface area contributed by atoms with Crippen molar-refractivity contribution in [3.63, 3.8) is 0 Å². The summed E-state index contributed by atoms with van der Waals surface area (Å²) in [4.78, 5) is 16.7. The molecule has 1 amide bonds. The van der Waals surface area contributed by atoms with Crippen LogP contribution in [0, 0.1) is 0 Å². The zero-order valence-corrected chi connectivity index (χ0v) is 13.6. The molecule has 0 aliphatic carbocycles. The minimum atomic E-state index is 0.210. The lowest BCUT2D eigenvalue weighted by Crippen LogP contribution is -2.48. The van der Waals surface area contributed by atoms with Crippen LogP contribution in [0.25, 0.3) is 10.9 Å². The van der Waals surface area contributed by atoms with Crippen LogP contribution >= 0.6 is 11.6 Å². The number of aryl methyl sites for hydroxylation is 1. The van der Waals surface area contributed by atoms with E-state index in [0.717, 1.165) is 43.6 Å². The van der Waals surface area contributed by atoms with Crippen molar-refractivity contribution < 1.29 is 4.79 Å². The van der Waals surface area contributed by atoms with E-state index in [2.05, 4.69) is 16.9 Å². The molecule has 0 unspecified atom stereocenters. The van der Waals surface area contributed by atoms with E-state index in [1.54, 1.807) is 0 Å². The van der Waals surface area contributed by atoms with Crippen molar-refractivity contribution in [1.29, 1.82) is 0 Å². The summed E-state index contributed by atoms with van der Waals surface area (Å²) in [6, 6.07) is 5.70. The summed E-state index contributed by atoms with van der Waals surface area (Å²) in [5, 5.41) is 6.10. The van der Waals surface area contributed by atoms with Gasteiger partial charge in [-0.25, -0.2) is 0 Å². The van der Waals surface area contributed by atoms with Crippen LogP contribution in [0.15, 0.2) is 24.4 Å². The second kappa shape index (κ2) is 6.67. The number of nitrogens with zero attached hydrogens (tertiary/aromatic N) is 4. The van der Waals surface area contributed by atoms with Gasteiger partial charge in [0, 0.05) is 43.0 Å². The molecule has 1 aliphatic rings. The molecule has 0 N–H and O–H groups in total. The van der Waals surface area contributed by atoms with Crippen molar-refractivity contribution in [3.8, 4) is 0 Å². The average molecular weight is 321 g/mol. The third-order valence-electron chi connectivity index (χ3n) is 4.32. The number of hydrogen-bond acceptors (Lipinski definition) is 3. The van der Waals surface area contributed by atoms with Gasteiger partial charge in [0.2, 0.25) is 5.91 Å². The number of piperazine rings is 1. The topological polar surface area (TPSA) is 41.4 Å². The van der Waals surface area contributed by atoms with Crippen LogP contribution in [0.5, 0.6) is 0 Å². The molecule has 1 saturated heterocycles. The van der Waals surface area contributed by atoms with Crippen LogP contribution in [-0.2, 0) is 11.3 Å². The zero-order valence-electron chi connectivity index (χ0n) is 12.8. The minimum absolute atomic E-state index is 0.210. The highest BCUT2D eigenvalue weighted by Crippen LogP contribution is 2.19. The Bertz CT molecular complexity index is 661. The van der Waals surface area contributed by atoms with Gasteiger partial charge in [0.25, 0.3) is 0 Å². The van der Waals surface area contributed by atoms with Gasteiger partial charge in [-0.15, -0.1) is 0 Å². The van der Waals surface area contributed by atoms with Crippen molar-refractivity contribution in [3.05, 3.63) is 29.4 Å². The lowest BCUT2D eigenvalue weighted by molar-refractivity contribution is -0.133. The maximum atomic E-state index is 12.3. The Morgan fingerprint density at radius 3 is 2.77 bits per heavy atom. The summed E-state index contributed by atoms with van der Waals surface area (Å²) in [7, 11) is 0. The maximum Gasteiger partial charge on any atom is 0.224 e. The SMILES string of the molecule is CCN1CCN(C(=O)CCn2ncc3ccc(Cl)cc32)CC1. The standard InChI is InChI=1S/C16H21ClN4O/c1-2-19-7-9-20(10-8-19)16(22)5-6-21-15-11-14(17)4-3-13(15)12-18-21/h3-4,11-12H,2,5-10H2,1H3. The van der Waals surface area contributed by atoms with E-state index < -0.39 is 0 Å². The summed E-state index contributed by atoms with van der Waals surface area (Å²) in [6.07, 6.45) is 2.30. The highest BCUT2D eigenvalue weighted by molar-refractivity contribution is 6.31. The van der Waals surface area contributed by atoms with Crippen LogP contribution < -0.4 is 0 Å². The van der Waals surface area contributed by atoms with Gasteiger partial charge in [-0.3, -0.25) is 9.48 Å². The molecular formula is C16H21ClN4O. The zero-order chi connectivity index (χ0) is 15.5. The Morgan fingerprint density at radius 1 is 1.27 bits per heavy atom. The quantitative estimate of drug-likeness (QED) is 0.867. The molecule has 1 aliphatic heterocycles. The number of carbonyl (C=O) groups is 1. The molecule has 0 radical (unpaired) electrons. The smallest absolute Gasteiger partial charge is 0.224 e. The Labute approximate surface area is 135 Å². The van der Waals surface area contributed by atoms with Gasteiger partial charge in [0.15, 0.2) is 0 Å². The number of halogens is 1. The summed E-state index contributed by atoms with van der Waals surface area (Å²) in [6.45, 7) is 7.42. The Kier molecular flexibility index (Phi) is 4.64. The molecule has 0 saturated carbocycles. The minimum Gasteiger partial charge on any atom is -0.340 e. The van der Waals surface area contributed by atoms with Crippen molar-refractivity contribution in [2.45, 2.75) is 19.9 Å². The van der Waals surface area contributed by atoms with Crippen LogP contribution in [0.3, 0.4) is 0 Å². The first-order valence-corrected chi connectivity index (χ1v) is 8.16. The number of hydrogen-bond donors (Lipinski definition) is 0. The number of fused-ring (bicyclic) bond motifs is 1. The number of aromatic nitrogens is 2. The molecule has 22 heavy (non-hydrogen) atoms. The van der Waals surface area contributed by atoms with Gasteiger partial charge < -0.3 is 9.80 Å². The number of amides is 1. The molecular weight excluding hydrogens is 300 g/mol. The van der Waals surface area contributed by atoms with Gasteiger partial charge in [-0.1, -0.05) is 18.5 Å². The molecule has 1 aromatic carbocycles. The molecule has 1 fully saturated rings. The molecule has 118 valence electrons. The van der Waals surface area contributed by atoms with Gasteiger partial charge in [0.05, 0.1) is 18.3 Å². The summed E-state index contributed by atoms with van der Waals surface area (Å²) in [5.74, 6) is 0.210. The normalized spacial score (nSPS) is 16.4. The Hall–Kier alpha value is -1.59. The first-order chi connectivity index (χ1) is 10.7. The lowest BCUT2D eigenvalue weighted by atomic mass is 10.2. The van der Waals surface area contributed by atoms with E-state index in [0.29, 0.717) is 18.0 Å². The summed E-state index contributed by atoms with van der Waals surface area (Å²) < 4.78 is 1.86. The highest BCUT2D eigenvalue weighted by atomic mass is 35.5. The second-order valence-electron chi connectivity index (χ2n) is 5.64. The fraction of sp³-hybridized carbons (Fsp3) is 0.500. The molecule has 1 aromatic heterocycles. The summed E-state index contributed by atoms with van der Waals surface area (Å²) in [5.41, 5.74) is 0.983. The van der Waals surface area contributed by atoms with Gasteiger partial charge in [-0.05, 0) is 24.7 Å². The van der Waals surface area contributed by atoms with E-state index >= 15 is 0 Å². The third-order valence-corrected chi connectivity index (χ3v) is 4.55. The van der Waals surface area contributed by atoms with Crippen molar-refractivity contribution in [1.82, 2.24) is 19.6 Å². The first kappa shape index (κ1) is 15.3. The molecule has 3 rings (SSSR count). The first-order valence-electron chi connectivity index (χ1n) is 7.78. The average Bonchev–Trinajstić information content (AvgIpc) is 2.95. The second-order valence-corrected chi connectivity index (χ2v) is 6.07. The predicted molar refractivity (Wildman–Crippen MR) is 88.1 cm³/mol. The van der Waals surface area contributed by atoms with E-state index in [9.17, 15) is 4.79 Å². The molecule has 2 heterocycles. The molecule has 6 heteroatoms. The van der Waals surface area contributed by atoms with Crippen LogP contribution in [-0.4, -0.2) is 58.2 Å². The van der Waals surface area contributed by atoms with Gasteiger partial charge >= 0.3 is 0 Å². The predicted octanol–water partition coefficient (Wildman–Crippen LogP) is 2.24. The van der Waals surface area contributed by atoms with E-state index in [1.807, 2.05) is 34.0 Å². The molecule has 0 spiro atoms. The van der Waals surface area contributed by atoms with Crippen molar-refractivity contribution in [2.24, 2.45) is 0 Å². The fourth-order valence-corrected chi connectivity index (χ4v) is 3.06. The highest BCUT2D eigenvalue weighted by Gasteiger charge is 2.20. The number of likely N-dealkylation sites (N-methyl/N-ethyl adjacent to an activating group) is 1. The number of rotatable bonds is 4. The lowest BCUT2D eigenvalue weighted by Gasteiger charge is -2.34. The van der Waals surface area contributed by atoms with Crippen LogP contribution in [0.1, 0.15) is 13.3 Å². The van der Waals surface area contributed by atoms with E-state index in [-0.39, 0.29) is 5.91 Å². The van der Waals surface area contributed by atoms with Crippen LogP contribution in [0.4, 0.5) is 0 Å². The maximum absolute atomic E-state index is 12.3. The monoisotopic (exact) mass is 320 g/mol. The van der Waals surface area contributed by atoms with Crippen LogP contribution in [0.2, 0.25) is 5.02 Å².